The number of carbonyl (C=O) groups is 1. The Morgan fingerprint density at radius 3 is 2.13 bits per heavy atom. The Balaban J connectivity index is 4.00. The molecular formula is C11H24N2O2. The van der Waals surface area contributed by atoms with Gasteiger partial charge in [0.2, 0.25) is 5.91 Å². The van der Waals surface area contributed by atoms with E-state index in [1.54, 1.807) is 13.8 Å². The maximum Gasteiger partial charge on any atom is 0.221 e. The minimum Gasteiger partial charge on any atom is -0.388 e. The van der Waals surface area contributed by atoms with Gasteiger partial charge in [-0.15, -0.1) is 0 Å². The highest BCUT2D eigenvalue weighted by Crippen LogP contribution is 2.13. The van der Waals surface area contributed by atoms with E-state index in [-0.39, 0.29) is 12.3 Å². The fraction of sp³-hybridized carbons (Fsp3) is 0.909. The lowest BCUT2D eigenvalue weighted by molar-refractivity contribution is -0.123. The van der Waals surface area contributed by atoms with Crippen molar-refractivity contribution in [2.24, 2.45) is 5.73 Å². The smallest absolute Gasteiger partial charge is 0.221 e. The summed E-state index contributed by atoms with van der Waals surface area (Å²) in [4.78, 5) is 11.4. The Morgan fingerprint density at radius 1 is 1.33 bits per heavy atom. The Hall–Kier alpha value is -0.610. The molecule has 0 rings (SSSR count). The lowest BCUT2D eigenvalue weighted by Crippen LogP contribution is -2.45. The summed E-state index contributed by atoms with van der Waals surface area (Å²) in [6.07, 6.45) is 1.54. The summed E-state index contributed by atoms with van der Waals surface area (Å²) in [5.41, 5.74) is 4.43. The molecule has 0 radical (unpaired) electrons. The zero-order valence-electron chi connectivity index (χ0n) is 10.3. The second kappa shape index (κ2) is 5.47. The van der Waals surface area contributed by atoms with Crippen molar-refractivity contribution in [3.63, 3.8) is 0 Å². The van der Waals surface area contributed by atoms with E-state index in [2.05, 4.69) is 5.32 Å². The number of nitrogens with two attached hydrogens (primary N) is 1. The Kier molecular flexibility index (Phi) is 5.24. The highest BCUT2D eigenvalue weighted by atomic mass is 16.3. The van der Waals surface area contributed by atoms with Crippen LogP contribution < -0.4 is 11.1 Å². The van der Waals surface area contributed by atoms with Crippen molar-refractivity contribution in [1.82, 2.24) is 5.32 Å². The van der Waals surface area contributed by atoms with E-state index in [0.29, 0.717) is 19.4 Å². The van der Waals surface area contributed by atoms with Gasteiger partial charge >= 0.3 is 0 Å². The summed E-state index contributed by atoms with van der Waals surface area (Å²) in [6.45, 7) is 7.72. The number of nitrogens with one attached hydrogen (secondary N) is 1. The highest BCUT2D eigenvalue weighted by Gasteiger charge is 2.24. The molecule has 15 heavy (non-hydrogen) atoms. The summed E-state index contributed by atoms with van der Waals surface area (Å²) >= 11 is 0. The Bertz CT molecular complexity index is 205. The molecule has 0 aromatic rings. The van der Waals surface area contributed by atoms with Gasteiger partial charge in [-0.3, -0.25) is 4.79 Å². The Labute approximate surface area is 92.2 Å². The van der Waals surface area contributed by atoms with Crippen LogP contribution in [0.3, 0.4) is 0 Å². The first-order chi connectivity index (χ1) is 6.72. The van der Waals surface area contributed by atoms with Gasteiger partial charge in [0.15, 0.2) is 0 Å². The summed E-state index contributed by atoms with van der Waals surface area (Å²) in [5.74, 6) is -0.108. The van der Waals surface area contributed by atoms with Gasteiger partial charge in [-0.25, -0.2) is 0 Å². The van der Waals surface area contributed by atoms with Crippen LogP contribution >= 0.6 is 0 Å². The molecule has 0 aromatic carbocycles. The first kappa shape index (κ1) is 14.4. The van der Waals surface area contributed by atoms with Crippen LogP contribution in [0.1, 0.15) is 47.0 Å². The molecule has 0 aromatic heterocycles. The average molecular weight is 216 g/mol. The first-order valence-electron chi connectivity index (χ1n) is 5.50. The number of carbonyl (C=O) groups excluding carboxylic acids is 1. The lowest BCUT2D eigenvalue weighted by atomic mass is 9.97. The molecule has 4 N–H and O–H groups in total. The molecule has 1 amide bonds. The van der Waals surface area contributed by atoms with Crippen LogP contribution in [0.5, 0.6) is 0 Å². The molecule has 0 atom stereocenters. The number of aliphatic hydroxyl groups is 1. The minimum absolute atomic E-state index is 0.108. The third-order valence-corrected chi connectivity index (χ3v) is 2.55. The minimum atomic E-state index is -0.783. The molecule has 0 unspecified atom stereocenters. The van der Waals surface area contributed by atoms with Crippen molar-refractivity contribution in [3.05, 3.63) is 0 Å². The SMILES string of the molecule is CCC(O)(CC)CNC(=O)CC(C)(C)N. The molecule has 0 heterocycles. The normalized spacial score (nSPS) is 12.7. The number of hydrogen-bond acceptors (Lipinski definition) is 3. The summed E-state index contributed by atoms with van der Waals surface area (Å²) < 4.78 is 0. The standard InChI is InChI=1S/C11H24N2O2/c1-5-11(15,6-2)8-13-9(14)7-10(3,4)12/h15H,5-8,12H2,1-4H3,(H,13,14). The zero-order valence-corrected chi connectivity index (χ0v) is 10.3. The van der Waals surface area contributed by atoms with E-state index in [4.69, 9.17) is 5.73 Å². The second-order valence-corrected chi connectivity index (χ2v) is 4.87. The van der Waals surface area contributed by atoms with Crippen LogP contribution in [-0.2, 0) is 4.79 Å². The van der Waals surface area contributed by atoms with Crippen molar-refractivity contribution in [2.45, 2.75) is 58.1 Å². The molecule has 0 saturated heterocycles. The largest absolute Gasteiger partial charge is 0.388 e. The van der Waals surface area contributed by atoms with E-state index < -0.39 is 11.1 Å². The molecule has 0 fully saturated rings. The topological polar surface area (TPSA) is 75.3 Å². The molecule has 0 aliphatic rings. The molecule has 4 heteroatoms. The molecule has 0 aliphatic carbocycles. The predicted molar refractivity (Wildman–Crippen MR) is 61.4 cm³/mol. The fourth-order valence-corrected chi connectivity index (χ4v) is 1.24. The molecular weight excluding hydrogens is 192 g/mol. The van der Waals surface area contributed by atoms with Gasteiger partial charge in [-0.05, 0) is 26.7 Å². The molecule has 90 valence electrons. The molecule has 0 bridgehead atoms. The maximum absolute atomic E-state index is 11.4. The maximum atomic E-state index is 11.4. The van der Waals surface area contributed by atoms with Gasteiger partial charge in [0, 0.05) is 18.5 Å². The van der Waals surface area contributed by atoms with Crippen LogP contribution in [0.2, 0.25) is 0 Å². The number of hydrogen-bond donors (Lipinski definition) is 3. The van der Waals surface area contributed by atoms with Gasteiger partial charge in [0.1, 0.15) is 0 Å². The van der Waals surface area contributed by atoms with Gasteiger partial charge in [-0.1, -0.05) is 13.8 Å². The second-order valence-electron chi connectivity index (χ2n) is 4.87. The number of rotatable bonds is 6. The van der Waals surface area contributed by atoms with Gasteiger partial charge in [0.05, 0.1) is 5.60 Å². The predicted octanol–water partition coefficient (Wildman–Crippen LogP) is 0.781. The molecule has 4 nitrogen and oxygen atoms in total. The summed E-state index contributed by atoms with van der Waals surface area (Å²) in [6, 6.07) is 0. The van der Waals surface area contributed by atoms with Crippen LogP contribution in [0.25, 0.3) is 0 Å². The van der Waals surface area contributed by atoms with Crippen LogP contribution in [0.4, 0.5) is 0 Å². The van der Waals surface area contributed by atoms with Crippen molar-refractivity contribution in [3.8, 4) is 0 Å². The number of amides is 1. The van der Waals surface area contributed by atoms with Crippen molar-refractivity contribution in [1.29, 1.82) is 0 Å². The lowest BCUT2D eigenvalue weighted by Gasteiger charge is -2.26. The molecule has 0 saturated carbocycles. The van der Waals surface area contributed by atoms with E-state index >= 15 is 0 Å². The van der Waals surface area contributed by atoms with Crippen molar-refractivity contribution < 1.29 is 9.90 Å². The molecule has 0 aliphatic heterocycles. The van der Waals surface area contributed by atoms with Gasteiger partial charge in [0.25, 0.3) is 0 Å². The third-order valence-electron chi connectivity index (χ3n) is 2.55. The molecule has 0 spiro atoms. The van der Waals surface area contributed by atoms with E-state index in [1.165, 1.54) is 0 Å². The van der Waals surface area contributed by atoms with Crippen molar-refractivity contribution in [2.75, 3.05) is 6.54 Å². The van der Waals surface area contributed by atoms with Crippen molar-refractivity contribution >= 4 is 5.91 Å². The van der Waals surface area contributed by atoms with E-state index in [1.807, 2.05) is 13.8 Å². The highest BCUT2D eigenvalue weighted by molar-refractivity contribution is 5.77. The van der Waals surface area contributed by atoms with E-state index in [9.17, 15) is 9.90 Å². The first-order valence-corrected chi connectivity index (χ1v) is 5.50. The summed E-state index contributed by atoms with van der Waals surface area (Å²) in [5, 5.41) is 12.6. The average Bonchev–Trinajstić information content (AvgIpc) is 2.12. The van der Waals surface area contributed by atoms with Gasteiger partial charge < -0.3 is 16.2 Å². The fourth-order valence-electron chi connectivity index (χ4n) is 1.24. The summed E-state index contributed by atoms with van der Waals surface area (Å²) in [7, 11) is 0. The van der Waals surface area contributed by atoms with Gasteiger partial charge in [-0.2, -0.15) is 0 Å². The van der Waals surface area contributed by atoms with Crippen LogP contribution in [-0.4, -0.2) is 28.7 Å². The zero-order chi connectivity index (χ0) is 12.1. The Morgan fingerprint density at radius 2 is 1.80 bits per heavy atom. The third kappa shape index (κ3) is 6.47. The van der Waals surface area contributed by atoms with E-state index in [0.717, 1.165) is 0 Å². The monoisotopic (exact) mass is 216 g/mol. The quantitative estimate of drug-likeness (QED) is 0.614. The van der Waals surface area contributed by atoms with Crippen LogP contribution in [0.15, 0.2) is 0 Å². The van der Waals surface area contributed by atoms with Crippen LogP contribution in [0, 0.1) is 0 Å².